The highest BCUT2D eigenvalue weighted by atomic mass is 16.5. The lowest BCUT2D eigenvalue weighted by atomic mass is 9.90. The molecule has 0 radical (unpaired) electrons. The van der Waals surface area contributed by atoms with E-state index in [1.807, 2.05) is 38.1 Å². The molecule has 3 heteroatoms. The zero-order valence-corrected chi connectivity index (χ0v) is 11.9. The number of ketones is 1. The average Bonchev–Trinajstić information content (AvgIpc) is 2.88. The molecule has 1 aliphatic carbocycles. The van der Waals surface area contributed by atoms with E-state index >= 15 is 0 Å². The van der Waals surface area contributed by atoms with Gasteiger partial charge < -0.3 is 9.47 Å². The molecule has 0 aromatic heterocycles. The van der Waals surface area contributed by atoms with Crippen LogP contribution in [0.2, 0.25) is 0 Å². The first-order valence-electron chi connectivity index (χ1n) is 6.95. The highest BCUT2D eigenvalue weighted by Gasteiger charge is 2.42. The summed E-state index contributed by atoms with van der Waals surface area (Å²) in [6.45, 7) is 3.92. The van der Waals surface area contributed by atoms with E-state index in [0.717, 1.165) is 25.7 Å². The molecule has 1 aromatic carbocycles. The molecule has 0 spiro atoms. The van der Waals surface area contributed by atoms with E-state index < -0.39 is 5.60 Å². The van der Waals surface area contributed by atoms with E-state index in [-0.39, 0.29) is 11.9 Å². The van der Waals surface area contributed by atoms with Crippen molar-refractivity contribution in [1.29, 1.82) is 0 Å². The first kappa shape index (κ1) is 14.1. The van der Waals surface area contributed by atoms with Crippen molar-refractivity contribution >= 4 is 5.78 Å². The van der Waals surface area contributed by atoms with Crippen molar-refractivity contribution in [2.24, 2.45) is 0 Å². The predicted molar refractivity (Wildman–Crippen MR) is 74.7 cm³/mol. The molecular formula is C16H22O3. The Morgan fingerprint density at radius 1 is 1.21 bits per heavy atom. The van der Waals surface area contributed by atoms with Crippen LogP contribution in [0.25, 0.3) is 0 Å². The van der Waals surface area contributed by atoms with Crippen LogP contribution in [0.1, 0.15) is 49.9 Å². The molecule has 0 atom stereocenters. The van der Waals surface area contributed by atoms with Crippen LogP contribution in [-0.4, -0.2) is 24.6 Å². The van der Waals surface area contributed by atoms with Gasteiger partial charge in [0.05, 0.1) is 11.7 Å². The summed E-state index contributed by atoms with van der Waals surface area (Å²) in [7, 11) is 1.63. The summed E-state index contributed by atoms with van der Waals surface area (Å²) >= 11 is 0. The third-order valence-corrected chi connectivity index (χ3v) is 3.71. The largest absolute Gasteiger partial charge is 0.490 e. The third-order valence-electron chi connectivity index (χ3n) is 3.71. The summed E-state index contributed by atoms with van der Waals surface area (Å²) in [4.78, 5) is 12.8. The van der Waals surface area contributed by atoms with Crippen molar-refractivity contribution in [2.75, 3.05) is 7.11 Å². The molecule has 0 amide bonds. The number of methoxy groups -OCH3 is 1. The number of ether oxygens (including phenoxy) is 2. The van der Waals surface area contributed by atoms with E-state index in [4.69, 9.17) is 9.47 Å². The lowest BCUT2D eigenvalue weighted by Gasteiger charge is -2.27. The van der Waals surface area contributed by atoms with Crippen molar-refractivity contribution in [2.45, 2.75) is 51.2 Å². The third kappa shape index (κ3) is 2.81. The van der Waals surface area contributed by atoms with Crippen LogP contribution in [0.15, 0.2) is 24.3 Å². The van der Waals surface area contributed by atoms with Gasteiger partial charge in [0.25, 0.3) is 0 Å². The number of carbonyl (C=O) groups excluding carboxylic acids is 1. The van der Waals surface area contributed by atoms with Crippen LogP contribution < -0.4 is 4.74 Å². The van der Waals surface area contributed by atoms with Crippen LogP contribution in [0.3, 0.4) is 0 Å². The second kappa shape index (κ2) is 5.74. The van der Waals surface area contributed by atoms with Crippen LogP contribution in [0, 0.1) is 0 Å². The number of benzene rings is 1. The fraction of sp³-hybridized carbons (Fsp3) is 0.562. The van der Waals surface area contributed by atoms with E-state index in [9.17, 15) is 4.79 Å². The maximum atomic E-state index is 12.8. The summed E-state index contributed by atoms with van der Waals surface area (Å²) < 4.78 is 11.3. The second-order valence-corrected chi connectivity index (χ2v) is 5.40. The van der Waals surface area contributed by atoms with Gasteiger partial charge in [0.1, 0.15) is 11.4 Å². The minimum atomic E-state index is -0.642. The number of carbonyl (C=O) groups is 1. The van der Waals surface area contributed by atoms with E-state index in [1.165, 1.54) is 0 Å². The van der Waals surface area contributed by atoms with Crippen molar-refractivity contribution in [1.82, 2.24) is 0 Å². The molecule has 0 unspecified atom stereocenters. The number of hydrogen-bond acceptors (Lipinski definition) is 3. The van der Waals surface area contributed by atoms with Crippen LogP contribution in [-0.2, 0) is 4.74 Å². The molecule has 1 saturated carbocycles. The Bertz CT molecular complexity index is 445. The van der Waals surface area contributed by atoms with Gasteiger partial charge in [0, 0.05) is 7.11 Å². The van der Waals surface area contributed by atoms with Gasteiger partial charge in [0.15, 0.2) is 5.78 Å². The van der Waals surface area contributed by atoms with Crippen molar-refractivity contribution in [3.05, 3.63) is 29.8 Å². The van der Waals surface area contributed by atoms with Gasteiger partial charge in [-0.25, -0.2) is 0 Å². The van der Waals surface area contributed by atoms with Gasteiger partial charge in [-0.05, 0) is 51.7 Å². The molecule has 2 rings (SSSR count). The van der Waals surface area contributed by atoms with Crippen molar-refractivity contribution in [3.8, 4) is 5.75 Å². The summed E-state index contributed by atoms with van der Waals surface area (Å²) in [5, 5.41) is 0. The lowest BCUT2D eigenvalue weighted by molar-refractivity contribution is 0.00568. The number of Topliss-reactive ketones (excluding diaryl/α,β-unsaturated/α-hetero) is 1. The molecule has 0 saturated heterocycles. The normalized spacial score (nSPS) is 17.7. The van der Waals surface area contributed by atoms with Gasteiger partial charge in [-0.2, -0.15) is 0 Å². The SMILES string of the molecule is COC1(C(=O)c2ccccc2OC(C)C)CCCC1. The fourth-order valence-electron chi connectivity index (χ4n) is 2.73. The smallest absolute Gasteiger partial charge is 0.198 e. The Hall–Kier alpha value is -1.35. The summed E-state index contributed by atoms with van der Waals surface area (Å²) in [6, 6.07) is 7.45. The quantitative estimate of drug-likeness (QED) is 0.760. The first-order chi connectivity index (χ1) is 9.09. The number of para-hydroxylation sites is 1. The molecule has 0 heterocycles. The molecule has 0 bridgehead atoms. The average molecular weight is 262 g/mol. The van der Waals surface area contributed by atoms with Gasteiger partial charge in [-0.1, -0.05) is 12.1 Å². The molecular weight excluding hydrogens is 240 g/mol. The fourth-order valence-corrected chi connectivity index (χ4v) is 2.73. The van der Waals surface area contributed by atoms with Crippen LogP contribution in [0.5, 0.6) is 5.75 Å². The molecule has 104 valence electrons. The van der Waals surface area contributed by atoms with Crippen LogP contribution in [0.4, 0.5) is 0 Å². The van der Waals surface area contributed by atoms with Gasteiger partial charge in [-0.15, -0.1) is 0 Å². The number of rotatable bonds is 5. The Morgan fingerprint density at radius 3 is 2.42 bits per heavy atom. The minimum absolute atomic E-state index is 0.0519. The minimum Gasteiger partial charge on any atom is -0.490 e. The molecule has 1 fully saturated rings. The topological polar surface area (TPSA) is 35.5 Å². The van der Waals surface area contributed by atoms with E-state index in [1.54, 1.807) is 7.11 Å². The highest BCUT2D eigenvalue weighted by molar-refractivity contribution is 6.04. The van der Waals surface area contributed by atoms with Crippen molar-refractivity contribution < 1.29 is 14.3 Å². The Kier molecular flexibility index (Phi) is 4.25. The summed E-state index contributed by atoms with van der Waals surface area (Å²) in [5.41, 5.74) is -0.00358. The second-order valence-electron chi connectivity index (χ2n) is 5.40. The summed E-state index contributed by atoms with van der Waals surface area (Å²) in [5.74, 6) is 0.717. The van der Waals surface area contributed by atoms with Gasteiger partial charge >= 0.3 is 0 Å². The monoisotopic (exact) mass is 262 g/mol. The molecule has 1 aliphatic rings. The first-order valence-corrected chi connectivity index (χ1v) is 6.95. The lowest BCUT2D eigenvalue weighted by Crippen LogP contribution is -2.38. The Balaban J connectivity index is 2.33. The molecule has 3 nitrogen and oxygen atoms in total. The van der Waals surface area contributed by atoms with Gasteiger partial charge in [-0.3, -0.25) is 4.79 Å². The van der Waals surface area contributed by atoms with E-state index in [2.05, 4.69) is 0 Å². The summed E-state index contributed by atoms with van der Waals surface area (Å²) in [6.07, 6.45) is 3.76. The molecule has 19 heavy (non-hydrogen) atoms. The predicted octanol–water partition coefficient (Wildman–Crippen LogP) is 3.62. The zero-order chi connectivity index (χ0) is 13.9. The molecule has 1 aromatic rings. The highest BCUT2D eigenvalue weighted by Crippen LogP contribution is 2.37. The Morgan fingerprint density at radius 2 is 1.84 bits per heavy atom. The molecule has 0 N–H and O–H groups in total. The number of hydrogen-bond donors (Lipinski definition) is 0. The van der Waals surface area contributed by atoms with Crippen molar-refractivity contribution in [3.63, 3.8) is 0 Å². The van der Waals surface area contributed by atoms with E-state index in [0.29, 0.717) is 11.3 Å². The maximum absolute atomic E-state index is 12.8. The molecule has 0 aliphatic heterocycles. The maximum Gasteiger partial charge on any atom is 0.198 e. The standard InChI is InChI=1S/C16H22O3/c1-12(2)19-14-9-5-4-8-13(14)15(17)16(18-3)10-6-7-11-16/h4-5,8-9,12H,6-7,10-11H2,1-3H3. The van der Waals surface area contributed by atoms with Crippen LogP contribution >= 0.6 is 0 Å². The Labute approximate surface area is 114 Å². The van der Waals surface area contributed by atoms with Gasteiger partial charge in [0.2, 0.25) is 0 Å². The zero-order valence-electron chi connectivity index (χ0n) is 11.9.